The minimum Gasteiger partial charge on any atom is -0.505 e. The number of hydrogen-bond donors (Lipinski definition) is 1. The fourth-order valence-corrected chi connectivity index (χ4v) is 6.48. The number of benzene rings is 2. The zero-order valence-electron chi connectivity index (χ0n) is 18.5. The van der Waals surface area contributed by atoms with Crippen LogP contribution in [0.2, 0.25) is 5.02 Å². The molecule has 2 aromatic carbocycles. The number of hydrogen-bond acceptors (Lipinski definition) is 7. The van der Waals surface area contributed by atoms with Crippen LogP contribution in [0, 0.1) is 6.92 Å². The predicted molar refractivity (Wildman–Crippen MR) is 138 cm³/mol. The Hall–Kier alpha value is -2.94. The van der Waals surface area contributed by atoms with Crippen LogP contribution in [0.5, 0.6) is 11.5 Å². The number of ether oxygens (including phenoxy) is 1. The molecule has 3 heterocycles. The quantitative estimate of drug-likeness (QED) is 0.299. The van der Waals surface area contributed by atoms with Crippen LogP contribution in [0.25, 0.3) is 31.7 Å². The van der Waals surface area contributed by atoms with Gasteiger partial charge in [0.1, 0.15) is 16.4 Å². The van der Waals surface area contributed by atoms with Gasteiger partial charge in [-0.3, -0.25) is 9.36 Å². The Labute approximate surface area is 208 Å². The molecule has 172 valence electrons. The SMILES string of the molecule is COc1ccc(-c2nc3sc4c(O)c(Cl)ccc4c3c(=O)n2Cc2cnc(C)s2)c(C2CC2)c1. The number of rotatable bonds is 5. The van der Waals surface area contributed by atoms with Crippen LogP contribution >= 0.6 is 34.3 Å². The molecule has 1 aliphatic rings. The fraction of sp³-hybridized carbons (Fsp3) is 0.240. The van der Waals surface area contributed by atoms with Crippen LogP contribution in [0.15, 0.2) is 41.3 Å². The molecule has 1 N–H and O–H groups in total. The van der Waals surface area contributed by atoms with Gasteiger partial charge in [-0.05, 0) is 55.5 Å². The maximum Gasteiger partial charge on any atom is 0.263 e. The van der Waals surface area contributed by atoms with Gasteiger partial charge in [-0.15, -0.1) is 22.7 Å². The Kier molecular flexibility index (Phi) is 5.13. The van der Waals surface area contributed by atoms with E-state index in [9.17, 15) is 9.90 Å². The number of phenolic OH excluding ortho intramolecular Hbond substituents is 1. The Bertz CT molecular complexity index is 1650. The maximum absolute atomic E-state index is 14.0. The van der Waals surface area contributed by atoms with Crippen molar-refractivity contribution in [3.8, 4) is 22.9 Å². The van der Waals surface area contributed by atoms with E-state index in [1.54, 1.807) is 35.1 Å². The van der Waals surface area contributed by atoms with Gasteiger partial charge < -0.3 is 9.84 Å². The van der Waals surface area contributed by atoms with Crippen LogP contribution in [-0.4, -0.2) is 26.8 Å². The molecule has 6 rings (SSSR count). The van der Waals surface area contributed by atoms with Gasteiger partial charge in [-0.2, -0.15) is 0 Å². The summed E-state index contributed by atoms with van der Waals surface area (Å²) in [7, 11) is 1.66. The molecule has 6 nitrogen and oxygen atoms in total. The molecule has 0 aliphatic heterocycles. The van der Waals surface area contributed by atoms with Crippen molar-refractivity contribution in [2.75, 3.05) is 7.11 Å². The lowest BCUT2D eigenvalue weighted by molar-refractivity contribution is 0.414. The second-order valence-corrected chi connectivity index (χ2v) is 11.2. The van der Waals surface area contributed by atoms with Crippen LogP contribution in [0.3, 0.4) is 0 Å². The minimum atomic E-state index is -0.142. The van der Waals surface area contributed by atoms with Gasteiger partial charge in [0.25, 0.3) is 5.56 Å². The normalized spacial score (nSPS) is 13.7. The summed E-state index contributed by atoms with van der Waals surface area (Å²) >= 11 is 9.00. The highest BCUT2D eigenvalue weighted by Crippen LogP contribution is 2.46. The summed E-state index contributed by atoms with van der Waals surface area (Å²) in [6, 6.07) is 9.36. The first-order valence-electron chi connectivity index (χ1n) is 10.9. The lowest BCUT2D eigenvalue weighted by Crippen LogP contribution is -2.23. The van der Waals surface area contributed by atoms with Gasteiger partial charge in [0.2, 0.25) is 0 Å². The predicted octanol–water partition coefficient (Wildman–Crippen LogP) is 6.34. The summed E-state index contributed by atoms with van der Waals surface area (Å²) in [4.78, 5) is 24.9. The molecule has 0 amide bonds. The van der Waals surface area contributed by atoms with Gasteiger partial charge in [0, 0.05) is 22.0 Å². The standard InChI is InChI=1S/C25H20ClN3O3S2/c1-12-27-10-15(33-12)11-29-23(16-6-5-14(32-2)9-18(16)13-3-4-13)28-24-20(25(29)31)17-7-8-19(26)21(30)22(17)34-24/h5-10,13,30H,3-4,11H2,1-2H3. The molecule has 0 radical (unpaired) electrons. The molecule has 1 aliphatic carbocycles. The van der Waals surface area contributed by atoms with Crippen molar-refractivity contribution in [2.45, 2.75) is 32.2 Å². The molecule has 0 atom stereocenters. The third-order valence-corrected chi connectivity index (χ3v) is 8.49. The summed E-state index contributed by atoms with van der Waals surface area (Å²) in [6.45, 7) is 2.32. The largest absolute Gasteiger partial charge is 0.505 e. The zero-order chi connectivity index (χ0) is 23.6. The van der Waals surface area contributed by atoms with Gasteiger partial charge in [0.15, 0.2) is 5.75 Å². The molecular weight excluding hydrogens is 490 g/mol. The molecule has 5 aromatic rings. The van der Waals surface area contributed by atoms with Crippen molar-refractivity contribution >= 4 is 54.6 Å². The third-order valence-electron chi connectivity index (χ3n) is 6.19. The Morgan fingerprint density at radius 3 is 2.76 bits per heavy atom. The third kappa shape index (κ3) is 3.48. The molecule has 0 bridgehead atoms. The van der Waals surface area contributed by atoms with E-state index in [1.807, 2.05) is 25.3 Å². The van der Waals surface area contributed by atoms with E-state index in [4.69, 9.17) is 21.3 Å². The van der Waals surface area contributed by atoms with E-state index in [0.29, 0.717) is 38.6 Å². The maximum atomic E-state index is 14.0. The summed E-state index contributed by atoms with van der Waals surface area (Å²) in [5.41, 5.74) is 1.94. The number of aromatic nitrogens is 3. The van der Waals surface area contributed by atoms with Crippen molar-refractivity contribution in [2.24, 2.45) is 0 Å². The molecule has 0 saturated heterocycles. The number of phenols is 1. The van der Waals surface area contributed by atoms with Crippen LogP contribution in [-0.2, 0) is 6.54 Å². The molecule has 0 unspecified atom stereocenters. The number of thiazole rings is 1. The average Bonchev–Trinajstić information content (AvgIpc) is 3.50. The Morgan fingerprint density at radius 2 is 2.06 bits per heavy atom. The van der Waals surface area contributed by atoms with Crippen molar-refractivity contribution in [1.82, 2.24) is 14.5 Å². The van der Waals surface area contributed by atoms with E-state index in [1.165, 1.54) is 11.3 Å². The number of nitrogens with zero attached hydrogens (tertiary/aromatic N) is 3. The van der Waals surface area contributed by atoms with E-state index in [0.717, 1.165) is 39.6 Å². The first-order valence-corrected chi connectivity index (χ1v) is 12.9. The first-order chi connectivity index (χ1) is 16.4. The number of thiophene rings is 1. The molecular formula is C25H20ClN3O3S2. The van der Waals surface area contributed by atoms with Crippen molar-refractivity contribution < 1.29 is 9.84 Å². The van der Waals surface area contributed by atoms with Gasteiger partial charge >= 0.3 is 0 Å². The van der Waals surface area contributed by atoms with Crippen LogP contribution < -0.4 is 10.3 Å². The number of methoxy groups -OCH3 is 1. The van der Waals surface area contributed by atoms with Crippen LogP contribution in [0.4, 0.5) is 0 Å². The Morgan fingerprint density at radius 1 is 1.24 bits per heavy atom. The molecule has 0 spiro atoms. The molecule has 1 saturated carbocycles. The number of aromatic hydroxyl groups is 1. The highest BCUT2D eigenvalue weighted by atomic mass is 35.5. The zero-order valence-corrected chi connectivity index (χ0v) is 20.9. The monoisotopic (exact) mass is 509 g/mol. The summed E-state index contributed by atoms with van der Waals surface area (Å²) in [5, 5.41) is 12.9. The lowest BCUT2D eigenvalue weighted by Gasteiger charge is -2.16. The van der Waals surface area contributed by atoms with Crippen molar-refractivity contribution in [3.05, 3.63) is 67.4 Å². The molecule has 3 aromatic heterocycles. The molecule has 34 heavy (non-hydrogen) atoms. The van der Waals surface area contributed by atoms with E-state index >= 15 is 0 Å². The molecule has 1 fully saturated rings. The van der Waals surface area contributed by atoms with E-state index in [2.05, 4.69) is 11.1 Å². The fourth-order valence-electron chi connectivity index (χ4n) is 4.37. The summed E-state index contributed by atoms with van der Waals surface area (Å²) < 4.78 is 7.78. The first kappa shape index (κ1) is 21.6. The van der Waals surface area contributed by atoms with Gasteiger partial charge in [0.05, 0.1) is 33.8 Å². The van der Waals surface area contributed by atoms with E-state index < -0.39 is 0 Å². The van der Waals surface area contributed by atoms with E-state index in [-0.39, 0.29) is 16.3 Å². The second-order valence-electron chi connectivity index (χ2n) is 8.45. The lowest BCUT2D eigenvalue weighted by atomic mass is 10.0. The van der Waals surface area contributed by atoms with Crippen molar-refractivity contribution in [1.29, 1.82) is 0 Å². The number of fused-ring (bicyclic) bond motifs is 3. The summed E-state index contributed by atoms with van der Waals surface area (Å²) in [5.74, 6) is 1.82. The second kappa shape index (κ2) is 8.08. The minimum absolute atomic E-state index is 0.0177. The van der Waals surface area contributed by atoms with Crippen LogP contribution in [0.1, 0.15) is 34.2 Å². The molecule has 9 heteroatoms. The number of aryl methyl sites for hydroxylation is 1. The number of halogens is 1. The van der Waals surface area contributed by atoms with Gasteiger partial charge in [-0.1, -0.05) is 17.7 Å². The average molecular weight is 510 g/mol. The highest BCUT2D eigenvalue weighted by Gasteiger charge is 2.29. The topological polar surface area (TPSA) is 77.2 Å². The highest BCUT2D eigenvalue weighted by molar-refractivity contribution is 7.25. The Balaban J connectivity index is 1.67. The smallest absolute Gasteiger partial charge is 0.263 e. The van der Waals surface area contributed by atoms with Gasteiger partial charge in [-0.25, -0.2) is 9.97 Å². The van der Waals surface area contributed by atoms with Crippen molar-refractivity contribution in [3.63, 3.8) is 0 Å². The summed E-state index contributed by atoms with van der Waals surface area (Å²) in [6.07, 6.45) is 4.03.